The van der Waals surface area contributed by atoms with Crippen molar-refractivity contribution in [2.24, 2.45) is 0 Å². The average Bonchev–Trinajstić information content (AvgIpc) is 2.06. The number of nitrogen functional groups attached to an aromatic ring is 1. The Kier molecular flexibility index (Phi) is 3.30. The first kappa shape index (κ1) is 12.3. The molecule has 0 spiro atoms. The standard InChI is InChI=1S/C8H4BrClF3NO/c9-6-4(8(11,12)13)1-3(7(10)15)2-5(6)14/h1-2H,14H2. The van der Waals surface area contributed by atoms with Crippen LogP contribution in [0, 0.1) is 0 Å². The highest BCUT2D eigenvalue weighted by molar-refractivity contribution is 9.10. The van der Waals surface area contributed by atoms with Crippen LogP contribution in [-0.2, 0) is 6.18 Å². The van der Waals surface area contributed by atoms with Gasteiger partial charge in [-0.05, 0) is 39.7 Å². The highest BCUT2D eigenvalue weighted by Gasteiger charge is 2.34. The lowest BCUT2D eigenvalue weighted by Gasteiger charge is -2.11. The van der Waals surface area contributed by atoms with Gasteiger partial charge in [0.2, 0.25) is 0 Å². The highest BCUT2D eigenvalue weighted by atomic mass is 79.9. The van der Waals surface area contributed by atoms with E-state index in [0.29, 0.717) is 6.07 Å². The van der Waals surface area contributed by atoms with E-state index in [1.165, 1.54) is 0 Å². The zero-order valence-corrected chi connectivity index (χ0v) is 9.37. The molecule has 1 aromatic carbocycles. The molecule has 2 N–H and O–H groups in total. The van der Waals surface area contributed by atoms with Crippen molar-refractivity contribution in [3.63, 3.8) is 0 Å². The van der Waals surface area contributed by atoms with Crippen molar-refractivity contribution in [1.29, 1.82) is 0 Å². The van der Waals surface area contributed by atoms with Crippen LogP contribution in [0.2, 0.25) is 0 Å². The Balaban J connectivity index is 3.45. The summed E-state index contributed by atoms with van der Waals surface area (Å²) in [5, 5.41) is -0.986. The van der Waals surface area contributed by atoms with E-state index in [1.54, 1.807) is 0 Å². The number of hydrogen-bond donors (Lipinski definition) is 1. The molecule has 0 aromatic heterocycles. The number of benzene rings is 1. The lowest BCUT2D eigenvalue weighted by Crippen LogP contribution is -2.09. The van der Waals surface area contributed by atoms with E-state index in [0.717, 1.165) is 6.07 Å². The molecule has 0 heterocycles. The van der Waals surface area contributed by atoms with Gasteiger partial charge in [0.15, 0.2) is 0 Å². The first-order valence-electron chi connectivity index (χ1n) is 3.59. The second-order valence-corrected chi connectivity index (χ2v) is 3.83. The molecule has 82 valence electrons. The van der Waals surface area contributed by atoms with Gasteiger partial charge in [0, 0.05) is 11.3 Å². The summed E-state index contributed by atoms with van der Waals surface area (Å²) < 4.78 is 37.0. The highest BCUT2D eigenvalue weighted by Crippen LogP contribution is 2.38. The molecule has 0 unspecified atom stereocenters. The minimum atomic E-state index is -4.59. The third kappa shape index (κ3) is 2.63. The molecule has 0 radical (unpaired) electrons. The van der Waals surface area contributed by atoms with Crippen LogP contribution in [0.1, 0.15) is 15.9 Å². The third-order valence-electron chi connectivity index (χ3n) is 1.63. The Labute approximate surface area is 96.3 Å². The fraction of sp³-hybridized carbons (Fsp3) is 0.125. The van der Waals surface area contributed by atoms with Gasteiger partial charge >= 0.3 is 6.18 Å². The second-order valence-electron chi connectivity index (χ2n) is 2.70. The van der Waals surface area contributed by atoms with Crippen LogP contribution < -0.4 is 5.73 Å². The molecule has 15 heavy (non-hydrogen) atoms. The average molecular weight is 302 g/mol. The lowest BCUT2D eigenvalue weighted by atomic mass is 10.1. The predicted octanol–water partition coefficient (Wildman–Crippen LogP) is 3.43. The Morgan fingerprint density at radius 2 is 1.93 bits per heavy atom. The molecule has 0 aliphatic carbocycles. The molecule has 0 aliphatic rings. The minimum Gasteiger partial charge on any atom is -0.398 e. The SMILES string of the molecule is Nc1cc(C(=O)Cl)cc(C(F)(F)F)c1Br. The quantitative estimate of drug-likeness (QED) is 0.638. The van der Waals surface area contributed by atoms with Gasteiger partial charge in [-0.2, -0.15) is 13.2 Å². The monoisotopic (exact) mass is 301 g/mol. The topological polar surface area (TPSA) is 43.1 Å². The van der Waals surface area contributed by atoms with Crippen molar-refractivity contribution in [3.05, 3.63) is 27.7 Å². The lowest BCUT2D eigenvalue weighted by molar-refractivity contribution is -0.138. The molecule has 0 saturated heterocycles. The van der Waals surface area contributed by atoms with Crippen LogP contribution in [-0.4, -0.2) is 5.24 Å². The molecule has 0 bridgehead atoms. The van der Waals surface area contributed by atoms with Gasteiger partial charge in [0.25, 0.3) is 5.24 Å². The number of carbonyl (C=O) groups excluding carboxylic acids is 1. The Morgan fingerprint density at radius 3 is 2.33 bits per heavy atom. The molecule has 7 heteroatoms. The number of hydrogen-bond acceptors (Lipinski definition) is 2. The molecular weight excluding hydrogens is 298 g/mol. The fourth-order valence-electron chi connectivity index (χ4n) is 0.967. The van der Waals surface area contributed by atoms with Crippen LogP contribution in [0.5, 0.6) is 0 Å². The number of rotatable bonds is 1. The van der Waals surface area contributed by atoms with Gasteiger partial charge in [0.1, 0.15) is 0 Å². The third-order valence-corrected chi connectivity index (χ3v) is 2.74. The predicted molar refractivity (Wildman–Crippen MR) is 53.7 cm³/mol. The van der Waals surface area contributed by atoms with Crippen LogP contribution in [0.4, 0.5) is 18.9 Å². The summed E-state index contributed by atoms with van der Waals surface area (Å²) in [5.41, 5.74) is 3.80. The summed E-state index contributed by atoms with van der Waals surface area (Å²) in [7, 11) is 0. The number of alkyl halides is 3. The molecule has 0 atom stereocenters. The maximum Gasteiger partial charge on any atom is 0.417 e. The molecular formula is C8H4BrClF3NO. The second kappa shape index (κ2) is 4.02. The molecule has 0 fully saturated rings. The summed E-state index contributed by atoms with van der Waals surface area (Å²) >= 11 is 7.77. The molecule has 1 aromatic rings. The molecule has 2 nitrogen and oxygen atoms in total. The fourth-order valence-corrected chi connectivity index (χ4v) is 1.53. The van der Waals surface area contributed by atoms with E-state index in [-0.39, 0.29) is 15.7 Å². The molecule has 1 rings (SSSR count). The Hall–Kier alpha value is -0.750. The van der Waals surface area contributed by atoms with Crippen LogP contribution >= 0.6 is 27.5 Å². The van der Waals surface area contributed by atoms with E-state index >= 15 is 0 Å². The number of anilines is 1. The van der Waals surface area contributed by atoms with Crippen molar-refractivity contribution in [3.8, 4) is 0 Å². The first-order valence-corrected chi connectivity index (χ1v) is 4.76. The normalized spacial score (nSPS) is 11.5. The zero-order chi connectivity index (χ0) is 11.8. The van der Waals surface area contributed by atoms with Crippen molar-refractivity contribution in [1.82, 2.24) is 0 Å². The van der Waals surface area contributed by atoms with E-state index < -0.39 is 17.0 Å². The van der Waals surface area contributed by atoms with Gasteiger partial charge in [-0.3, -0.25) is 4.79 Å². The van der Waals surface area contributed by atoms with Crippen molar-refractivity contribution >= 4 is 38.5 Å². The van der Waals surface area contributed by atoms with Crippen LogP contribution in [0.15, 0.2) is 16.6 Å². The van der Waals surface area contributed by atoms with Crippen molar-refractivity contribution < 1.29 is 18.0 Å². The number of nitrogens with two attached hydrogens (primary N) is 1. The van der Waals surface area contributed by atoms with E-state index in [2.05, 4.69) is 15.9 Å². The smallest absolute Gasteiger partial charge is 0.398 e. The summed E-state index contributed by atoms with van der Waals surface area (Å²) in [6, 6.07) is 1.73. The molecule has 0 amide bonds. The van der Waals surface area contributed by atoms with Gasteiger partial charge in [-0.25, -0.2) is 0 Å². The van der Waals surface area contributed by atoms with Crippen LogP contribution in [0.25, 0.3) is 0 Å². The molecule has 0 saturated carbocycles. The summed E-state index contributed by atoms with van der Waals surface area (Å²) in [4.78, 5) is 10.7. The van der Waals surface area contributed by atoms with Crippen molar-refractivity contribution in [2.45, 2.75) is 6.18 Å². The van der Waals surface area contributed by atoms with E-state index in [4.69, 9.17) is 17.3 Å². The number of halogens is 5. The maximum absolute atomic E-state index is 12.4. The Morgan fingerprint density at radius 1 is 1.40 bits per heavy atom. The van der Waals surface area contributed by atoms with Gasteiger partial charge in [-0.1, -0.05) is 0 Å². The molecule has 0 aliphatic heterocycles. The first-order chi connectivity index (χ1) is 6.73. The van der Waals surface area contributed by atoms with Crippen LogP contribution in [0.3, 0.4) is 0 Å². The number of carbonyl (C=O) groups is 1. The summed E-state index contributed by atoms with van der Waals surface area (Å²) in [5.74, 6) is 0. The summed E-state index contributed by atoms with van der Waals surface area (Å²) in [6.45, 7) is 0. The van der Waals surface area contributed by atoms with Gasteiger partial charge < -0.3 is 5.73 Å². The van der Waals surface area contributed by atoms with Gasteiger partial charge in [0.05, 0.1) is 10.0 Å². The van der Waals surface area contributed by atoms with E-state index in [1.807, 2.05) is 0 Å². The zero-order valence-electron chi connectivity index (χ0n) is 7.03. The van der Waals surface area contributed by atoms with E-state index in [9.17, 15) is 18.0 Å². The summed E-state index contributed by atoms with van der Waals surface area (Å²) in [6.07, 6.45) is -4.59. The van der Waals surface area contributed by atoms with Gasteiger partial charge in [-0.15, -0.1) is 0 Å². The van der Waals surface area contributed by atoms with Crippen molar-refractivity contribution in [2.75, 3.05) is 5.73 Å². The minimum absolute atomic E-state index is 0.186. The maximum atomic E-state index is 12.4. The Bertz CT molecular complexity index is 419. The largest absolute Gasteiger partial charge is 0.417 e.